The summed E-state index contributed by atoms with van der Waals surface area (Å²) in [4.78, 5) is 11.0. The zero-order chi connectivity index (χ0) is 14.8. The Balaban J connectivity index is 1.56. The van der Waals surface area contributed by atoms with Gasteiger partial charge in [-0.2, -0.15) is 0 Å². The average Bonchev–Trinajstić information content (AvgIpc) is 2.45. The molecule has 3 N–H and O–H groups in total. The van der Waals surface area contributed by atoms with E-state index in [0.29, 0.717) is 18.0 Å². The minimum absolute atomic E-state index is 0.198. The molecule has 0 aromatic heterocycles. The van der Waals surface area contributed by atoms with Crippen LogP contribution in [0.15, 0.2) is 42.5 Å². The lowest BCUT2D eigenvalue weighted by molar-refractivity contribution is 0.1000. The van der Waals surface area contributed by atoms with E-state index in [2.05, 4.69) is 23.5 Å². The number of amides is 1. The molecule has 0 spiro atoms. The van der Waals surface area contributed by atoms with E-state index in [1.54, 1.807) is 12.1 Å². The molecule has 2 aromatic rings. The maximum atomic E-state index is 13.8. The number of fused-ring (bicyclic) bond motifs is 1. The van der Waals surface area contributed by atoms with Gasteiger partial charge in [-0.1, -0.05) is 30.3 Å². The van der Waals surface area contributed by atoms with E-state index in [9.17, 15) is 9.18 Å². The van der Waals surface area contributed by atoms with Crippen LogP contribution >= 0.6 is 0 Å². The number of benzene rings is 2. The number of primary amides is 1. The van der Waals surface area contributed by atoms with Crippen LogP contribution in [-0.2, 0) is 13.0 Å². The van der Waals surface area contributed by atoms with Crippen molar-refractivity contribution >= 4 is 5.91 Å². The molecule has 0 radical (unpaired) electrons. The van der Waals surface area contributed by atoms with Crippen LogP contribution in [0, 0.1) is 5.82 Å². The van der Waals surface area contributed by atoms with E-state index in [1.165, 1.54) is 17.2 Å². The van der Waals surface area contributed by atoms with Crippen molar-refractivity contribution in [1.29, 1.82) is 0 Å². The highest BCUT2D eigenvalue weighted by Gasteiger charge is 2.24. The first kappa shape index (κ1) is 13.8. The number of carbonyl (C=O) groups excluding carboxylic acids is 1. The molecule has 108 valence electrons. The van der Waals surface area contributed by atoms with Crippen LogP contribution in [0.3, 0.4) is 0 Å². The largest absolute Gasteiger partial charge is 0.366 e. The molecular formula is C17H17FN2O. The standard InChI is InChI=1S/C17H17FN2O/c18-16-8-12(17(19)21)5-6-13(16)9-20-10-14-7-11-3-1-2-4-15(11)14/h1-6,8,14,20H,7,9-10H2,(H2,19,21). The predicted octanol–water partition coefficient (Wildman–Crippen LogP) is 2.35. The van der Waals surface area contributed by atoms with Gasteiger partial charge < -0.3 is 11.1 Å². The lowest BCUT2D eigenvalue weighted by Crippen LogP contribution is -2.29. The molecule has 0 saturated heterocycles. The molecular weight excluding hydrogens is 267 g/mol. The molecule has 21 heavy (non-hydrogen) atoms. The van der Waals surface area contributed by atoms with E-state index in [4.69, 9.17) is 5.73 Å². The summed E-state index contributed by atoms with van der Waals surface area (Å²) in [6.45, 7) is 1.28. The fourth-order valence-electron chi connectivity index (χ4n) is 2.77. The van der Waals surface area contributed by atoms with Crippen molar-refractivity contribution in [2.45, 2.75) is 18.9 Å². The van der Waals surface area contributed by atoms with Crippen LogP contribution in [0.4, 0.5) is 4.39 Å². The maximum Gasteiger partial charge on any atom is 0.248 e. The molecule has 4 heteroatoms. The third kappa shape index (κ3) is 2.81. The lowest BCUT2D eigenvalue weighted by atomic mass is 9.77. The Morgan fingerprint density at radius 2 is 2.10 bits per heavy atom. The number of nitrogens with one attached hydrogen (secondary N) is 1. The topological polar surface area (TPSA) is 55.1 Å². The van der Waals surface area contributed by atoms with Crippen molar-refractivity contribution in [3.63, 3.8) is 0 Å². The first-order chi connectivity index (χ1) is 10.1. The second-order valence-electron chi connectivity index (χ2n) is 5.40. The quantitative estimate of drug-likeness (QED) is 0.885. The van der Waals surface area contributed by atoms with Crippen molar-refractivity contribution < 1.29 is 9.18 Å². The zero-order valence-corrected chi connectivity index (χ0v) is 11.6. The van der Waals surface area contributed by atoms with E-state index in [0.717, 1.165) is 13.0 Å². The van der Waals surface area contributed by atoms with Crippen LogP contribution < -0.4 is 11.1 Å². The zero-order valence-electron chi connectivity index (χ0n) is 11.6. The number of rotatable bonds is 5. The number of carbonyl (C=O) groups is 1. The molecule has 3 rings (SSSR count). The molecule has 1 atom stereocenters. The Morgan fingerprint density at radius 1 is 1.29 bits per heavy atom. The van der Waals surface area contributed by atoms with Crippen molar-refractivity contribution in [1.82, 2.24) is 5.32 Å². The first-order valence-corrected chi connectivity index (χ1v) is 7.02. The smallest absolute Gasteiger partial charge is 0.248 e. The molecule has 1 unspecified atom stereocenters. The van der Waals surface area contributed by atoms with Crippen LogP contribution in [0.5, 0.6) is 0 Å². The lowest BCUT2D eigenvalue weighted by Gasteiger charge is -2.30. The van der Waals surface area contributed by atoms with Gasteiger partial charge in [0.1, 0.15) is 5.82 Å². The summed E-state index contributed by atoms with van der Waals surface area (Å²) in [6, 6.07) is 12.8. The Bertz CT molecular complexity index is 684. The maximum absolute atomic E-state index is 13.8. The average molecular weight is 284 g/mol. The minimum atomic E-state index is -0.612. The van der Waals surface area contributed by atoms with Gasteiger partial charge in [-0.15, -0.1) is 0 Å². The Hall–Kier alpha value is -2.20. The van der Waals surface area contributed by atoms with Gasteiger partial charge in [-0.25, -0.2) is 4.39 Å². The van der Waals surface area contributed by atoms with Crippen LogP contribution in [0.1, 0.15) is 33.0 Å². The fraction of sp³-hybridized carbons (Fsp3) is 0.235. The monoisotopic (exact) mass is 284 g/mol. The normalized spacial score (nSPS) is 16.1. The van der Waals surface area contributed by atoms with Crippen molar-refractivity contribution in [2.24, 2.45) is 5.73 Å². The number of nitrogens with two attached hydrogens (primary N) is 1. The number of halogens is 1. The third-order valence-corrected chi connectivity index (χ3v) is 4.01. The van der Waals surface area contributed by atoms with Crippen molar-refractivity contribution in [3.8, 4) is 0 Å². The highest BCUT2D eigenvalue weighted by atomic mass is 19.1. The van der Waals surface area contributed by atoms with E-state index in [-0.39, 0.29) is 5.56 Å². The third-order valence-electron chi connectivity index (χ3n) is 4.01. The minimum Gasteiger partial charge on any atom is -0.366 e. The summed E-state index contributed by atoms with van der Waals surface area (Å²) < 4.78 is 13.8. The van der Waals surface area contributed by atoms with Gasteiger partial charge >= 0.3 is 0 Å². The van der Waals surface area contributed by atoms with Crippen LogP contribution in [-0.4, -0.2) is 12.5 Å². The van der Waals surface area contributed by atoms with Crippen LogP contribution in [0.2, 0.25) is 0 Å². The van der Waals surface area contributed by atoms with Gasteiger partial charge in [-0.05, 0) is 29.7 Å². The molecule has 1 aliphatic carbocycles. The van der Waals surface area contributed by atoms with Crippen LogP contribution in [0.25, 0.3) is 0 Å². The van der Waals surface area contributed by atoms with E-state index in [1.807, 2.05) is 6.07 Å². The second-order valence-corrected chi connectivity index (χ2v) is 5.40. The molecule has 0 saturated carbocycles. The second kappa shape index (κ2) is 5.66. The van der Waals surface area contributed by atoms with Gasteiger partial charge in [0.25, 0.3) is 0 Å². The highest BCUT2D eigenvalue weighted by molar-refractivity contribution is 5.92. The molecule has 1 aliphatic rings. The number of hydrogen-bond donors (Lipinski definition) is 2. The van der Waals surface area contributed by atoms with Crippen molar-refractivity contribution in [3.05, 3.63) is 70.5 Å². The molecule has 2 aromatic carbocycles. The van der Waals surface area contributed by atoms with Crippen molar-refractivity contribution in [2.75, 3.05) is 6.54 Å². The summed E-state index contributed by atoms with van der Waals surface area (Å²) >= 11 is 0. The molecule has 0 aliphatic heterocycles. The van der Waals surface area contributed by atoms with Gasteiger partial charge in [0.15, 0.2) is 0 Å². The fourth-order valence-corrected chi connectivity index (χ4v) is 2.77. The summed E-state index contributed by atoms with van der Waals surface area (Å²) in [5.74, 6) is -0.499. The van der Waals surface area contributed by atoms with Gasteiger partial charge in [0, 0.05) is 30.1 Å². The summed E-state index contributed by atoms with van der Waals surface area (Å²) in [7, 11) is 0. The van der Waals surface area contributed by atoms with E-state index >= 15 is 0 Å². The highest BCUT2D eigenvalue weighted by Crippen LogP contribution is 2.34. The van der Waals surface area contributed by atoms with E-state index < -0.39 is 11.7 Å². The van der Waals surface area contributed by atoms with Gasteiger partial charge in [0.2, 0.25) is 5.91 Å². The summed E-state index contributed by atoms with van der Waals surface area (Å²) in [6.07, 6.45) is 1.08. The Morgan fingerprint density at radius 3 is 2.81 bits per heavy atom. The molecule has 0 bridgehead atoms. The molecule has 0 heterocycles. The molecule has 1 amide bonds. The predicted molar refractivity (Wildman–Crippen MR) is 79.5 cm³/mol. The first-order valence-electron chi connectivity index (χ1n) is 7.02. The summed E-state index contributed by atoms with van der Waals surface area (Å²) in [5, 5.41) is 3.28. The Labute approximate surface area is 123 Å². The van der Waals surface area contributed by atoms with Gasteiger partial charge in [0.05, 0.1) is 0 Å². The Kier molecular flexibility index (Phi) is 3.71. The van der Waals surface area contributed by atoms with Gasteiger partial charge in [-0.3, -0.25) is 4.79 Å². The molecule has 0 fully saturated rings. The number of hydrogen-bond acceptors (Lipinski definition) is 2. The SMILES string of the molecule is NC(=O)c1ccc(CNCC2Cc3ccccc32)c(F)c1. The summed E-state index contributed by atoms with van der Waals surface area (Å²) in [5.41, 5.74) is 8.66. The molecule has 3 nitrogen and oxygen atoms in total.